The van der Waals surface area contributed by atoms with Crippen molar-refractivity contribution in [1.82, 2.24) is 10.6 Å². The molecule has 0 radical (unpaired) electrons. The topological polar surface area (TPSA) is 105 Å². The van der Waals surface area contributed by atoms with Crippen LogP contribution in [-0.2, 0) is 19.1 Å². The normalized spacial score (nSPS) is 13.4. The van der Waals surface area contributed by atoms with Crippen molar-refractivity contribution in [3.05, 3.63) is 0 Å². The van der Waals surface area contributed by atoms with Crippen molar-refractivity contribution < 1.29 is 24.2 Å². The Kier molecular flexibility index (Phi) is 7.74. The lowest BCUT2D eigenvalue weighted by atomic mass is 10.0. The van der Waals surface area contributed by atoms with Crippen molar-refractivity contribution in [1.29, 1.82) is 0 Å². The molecule has 3 N–H and O–H groups in total. The van der Waals surface area contributed by atoms with Gasteiger partial charge < -0.3 is 20.5 Å². The number of aliphatic carboxylic acids is 1. The van der Waals surface area contributed by atoms with Crippen LogP contribution in [0.15, 0.2) is 0 Å². The van der Waals surface area contributed by atoms with Gasteiger partial charge in [-0.15, -0.1) is 0 Å². The second kappa shape index (κ2) is 8.47. The summed E-state index contributed by atoms with van der Waals surface area (Å²) in [6, 6.07) is 0. The van der Waals surface area contributed by atoms with Crippen molar-refractivity contribution in [2.45, 2.75) is 38.6 Å². The lowest BCUT2D eigenvalue weighted by Crippen LogP contribution is -2.55. The minimum Gasteiger partial charge on any atom is -0.479 e. The molecule has 0 aromatic carbocycles. The summed E-state index contributed by atoms with van der Waals surface area (Å²) in [6.45, 7) is 3.71. The first-order chi connectivity index (χ1) is 8.85. The second-order valence-electron chi connectivity index (χ2n) is 4.47. The lowest BCUT2D eigenvalue weighted by Gasteiger charge is -2.25. The molecule has 0 aliphatic rings. The van der Waals surface area contributed by atoms with Crippen molar-refractivity contribution >= 4 is 17.8 Å². The number of nitrogens with one attached hydrogen (secondary N) is 2. The van der Waals surface area contributed by atoms with E-state index >= 15 is 0 Å². The Hall–Kier alpha value is -1.63. The van der Waals surface area contributed by atoms with Crippen LogP contribution in [0.25, 0.3) is 0 Å². The Morgan fingerprint density at radius 2 is 1.79 bits per heavy atom. The van der Waals surface area contributed by atoms with Crippen LogP contribution in [0.3, 0.4) is 0 Å². The molecule has 0 bridgehead atoms. The molecule has 7 heteroatoms. The maximum absolute atomic E-state index is 11.6. The summed E-state index contributed by atoms with van der Waals surface area (Å²) in [5, 5.41) is 14.0. The van der Waals surface area contributed by atoms with Crippen LogP contribution >= 0.6 is 0 Å². The number of carboxylic acid groups (broad SMARTS) is 1. The number of rotatable bonds is 9. The maximum atomic E-state index is 11.6. The molecule has 0 saturated heterocycles. The molecule has 0 aliphatic heterocycles. The van der Waals surface area contributed by atoms with E-state index in [4.69, 9.17) is 9.84 Å². The molecule has 0 aromatic rings. The first-order valence-corrected chi connectivity index (χ1v) is 6.15. The highest BCUT2D eigenvalue weighted by atomic mass is 16.5. The fourth-order valence-corrected chi connectivity index (χ4v) is 1.39. The van der Waals surface area contributed by atoms with E-state index in [9.17, 15) is 14.4 Å². The molecule has 0 spiro atoms. The summed E-state index contributed by atoms with van der Waals surface area (Å²) in [5.41, 5.74) is -1.48. The summed E-state index contributed by atoms with van der Waals surface area (Å²) in [7, 11) is 1.35. The number of carbonyl (C=O) groups is 3. The fourth-order valence-electron chi connectivity index (χ4n) is 1.39. The van der Waals surface area contributed by atoms with Crippen LogP contribution in [0, 0.1) is 0 Å². The van der Waals surface area contributed by atoms with Gasteiger partial charge in [0.05, 0.1) is 6.61 Å². The van der Waals surface area contributed by atoms with E-state index in [1.165, 1.54) is 14.0 Å². The molecule has 2 amide bonds. The van der Waals surface area contributed by atoms with E-state index in [2.05, 4.69) is 10.6 Å². The number of methoxy groups -OCH3 is 1. The standard InChI is InChI=1S/C12H22N2O5/c1-4-7-13-9(15)5-6-10(16)14-12(2,8-19-3)11(17)18/h4-8H2,1-3H3,(H,13,15)(H,14,16)(H,17,18). The maximum Gasteiger partial charge on any atom is 0.331 e. The summed E-state index contributed by atoms with van der Waals surface area (Å²) in [4.78, 5) is 34.0. The van der Waals surface area contributed by atoms with Crippen molar-refractivity contribution in [2.75, 3.05) is 20.3 Å². The number of ether oxygens (including phenoxy) is 1. The Labute approximate surface area is 112 Å². The van der Waals surface area contributed by atoms with Gasteiger partial charge in [-0.05, 0) is 13.3 Å². The second-order valence-corrected chi connectivity index (χ2v) is 4.47. The summed E-state index contributed by atoms with van der Waals surface area (Å²) < 4.78 is 4.77. The largest absolute Gasteiger partial charge is 0.479 e. The number of carboxylic acids is 1. The van der Waals surface area contributed by atoms with Crippen molar-refractivity contribution in [3.8, 4) is 0 Å². The molecule has 19 heavy (non-hydrogen) atoms. The van der Waals surface area contributed by atoms with Gasteiger partial charge in [0, 0.05) is 26.5 Å². The van der Waals surface area contributed by atoms with Crippen LogP contribution in [-0.4, -0.2) is 48.7 Å². The van der Waals surface area contributed by atoms with E-state index in [1.54, 1.807) is 0 Å². The fraction of sp³-hybridized carbons (Fsp3) is 0.750. The first-order valence-electron chi connectivity index (χ1n) is 6.15. The monoisotopic (exact) mass is 274 g/mol. The Morgan fingerprint density at radius 1 is 1.21 bits per heavy atom. The van der Waals surface area contributed by atoms with Crippen molar-refractivity contribution in [3.63, 3.8) is 0 Å². The first kappa shape index (κ1) is 17.4. The molecule has 1 unspecified atom stereocenters. The third kappa shape index (κ3) is 6.76. The van der Waals surface area contributed by atoms with Gasteiger partial charge in [-0.2, -0.15) is 0 Å². The minimum atomic E-state index is -1.48. The quantitative estimate of drug-likeness (QED) is 0.544. The van der Waals surface area contributed by atoms with Crippen LogP contribution in [0.1, 0.15) is 33.1 Å². The minimum absolute atomic E-state index is 0.0362. The van der Waals surface area contributed by atoms with Crippen molar-refractivity contribution in [2.24, 2.45) is 0 Å². The van der Waals surface area contributed by atoms with Gasteiger partial charge in [-0.25, -0.2) is 4.79 Å². The average Bonchev–Trinajstić information content (AvgIpc) is 2.33. The van der Waals surface area contributed by atoms with E-state index in [0.29, 0.717) is 6.54 Å². The molecule has 0 heterocycles. The molecule has 110 valence electrons. The molecule has 0 aromatic heterocycles. The number of carbonyl (C=O) groups excluding carboxylic acids is 2. The van der Waals surface area contributed by atoms with Crippen LogP contribution in [0.2, 0.25) is 0 Å². The highest BCUT2D eigenvalue weighted by Crippen LogP contribution is 2.05. The third-order valence-electron chi connectivity index (χ3n) is 2.47. The molecular formula is C12H22N2O5. The lowest BCUT2D eigenvalue weighted by molar-refractivity contribution is -0.149. The zero-order valence-corrected chi connectivity index (χ0v) is 11.6. The van der Waals surface area contributed by atoms with Gasteiger partial charge in [-0.3, -0.25) is 9.59 Å². The van der Waals surface area contributed by atoms with Gasteiger partial charge in [0.2, 0.25) is 11.8 Å². The highest BCUT2D eigenvalue weighted by Gasteiger charge is 2.34. The third-order valence-corrected chi connectivity index (χ3v) is 2.47. The van der Waals surface area contributed by atoms with Gasteiger partial charge in [0.15, 0.2) is 5.54 Å². The predicted molar refractivity (Wildman–Crippen MR) is 68.6 cm³/mol. The zero-order chi connectivity index (χ0) is 14.9. The molecule has 0 saturated carbocycles. The number of amides is 2. The van der Waals surface area contributed by atoms with E-state index < -0.39 is 17.4 Å². The summed E-state index contributed by atoms with van der Waals surface area (Å²) in [6.07, 6.45) is 0.805. The SMILES string of the molecule is CCCNC(=O)CCC(=O)NC(C)(COC)C(=O)O. The molecule has 0 rings (SSSR count). The van der Waals surface area contributed by atoms with Gasteiger partial charge >= 0.3 is 5.97 Å². The van der Waals surface area contributed by atoms with Gasteiger partial charge in [0.1, 0.15) is 0 Å². The highest BCUT2D eigenvalue weighted by molar-refractivity contribution is 5.89. The Bertz CT molecular complexity index is 332. The van der Waals surface area contributed by atoms with E-state index in [-0.39, 0.29) is 25.4 Å². The molecule has 1 atom stereocenters. The Balaban J connectivity index is 4.21. The van der Waals surface area contributed by atoms with Crippen LogP contribution in [0.5, 0.6) is 0 Å². The average molecular weight is 274 g/mol. The van der Waals surface area contributed by atoms with E-state index in [0.717, 1.165) is 6.42 Å². The smallest absolute Gasteiger partial charge is 0.331 e. The zero-order valence-electron chi connectivity index (χ0n) is 11.6. The molecular weight excluding hydrogens is 252 g/mol. The molecule has 0 aliphatic carbocycles. The molecule has 0 fully saturated rings. The summed E-state index contributed by atoms with van der Waals surface area (Å²) in [5.74, 6) is -1.90. The van der Waals surface area contributed by atoms with Crippen LogP contribution < -0.4 is 10.6 Å². The predicted octanol–water partition coefficient (Wildman–Crippen LogP) is -0.101. The van der Waals surface area contributed by atoms with Gasteiger partial charge in [-0.1, -0.05) is 6.92 Å². The van der Waals surface area contributed by atoms with Gasteiger partial charge in [0.25, 0.3) is 0 Å². The number of hydrogen-bond donors (Lipinski definition) is 3. The Morgan fingerprint density at radius 3 is 2.26 bits per heavy atom. The number of hydrogen-bond acceptors (Lipinski definition) is 4. The summed E-state index contributed by atoms with van der Waals surface area (Å²) >= 11 is 0. The van der Waals surface area contributed by atoms with E-state index in [1.807, 2.05) is 6.92 Å². The molecule has 7 nitrogen and oxygen atoms in total. The van der Waals surface area contributed by atoms with Crippen LogP contribution in [0.4, 0.5) is 0 Å².